The minimum atomic E-state index is -0.750. The highest BCUT2D eigenvalue weighted by atomic mass is 35.5. The second-order valence-corrected chi connectivity index (χ2v) is 4.99. The molecule has 0 radical (unpaired) electrons. The van der Waals surface area contributed by atoms with Gasteiger partial charge in [-0.2, -0.15) is 0 Å². The van der Waals surface area contributed by atoms with E-state index in [0.717, 1.165) is 0 Å². The molecular weight excluding hydrogens is 330 g/mol. The summed E-state index contributed by atoms with van der Waals surface area (Å²) in [5.41, 5.74) is 0.179. The maximum absolute atomic E-state index is 13.3. The Bertz CT molecular complexity index is 671. The summed E-state index contributed by atoms with van der Waals surface area (Å²) in [5.74, 6) is -0.750. The average molecular weight is 336 g/mol. The van der Waals surface area contributed by atoms with E-state index in [4.69, 9.17) is 34.8 Å². The first-order valence-corrected chi connectivity index (χ1v) is 6.38. The molecule has 0 heterocycles. The van der Waals surface area contributed by atoms with Gasteiger partial charge in [0.25, 0.3) is 0 Å². The molecule has 8 heteroatoms. The Kier molecular flexibility index (Phi) is 4.32. The van der Waals surface area contributed by atoms with Crippen molar-refractivity contribution in [3.05, 3.63) is 61.3 Å². The first-order valence-electron chi connectivity index (χ1n) is 5.24. The maximum atomic E-state index is 13.3. The van der Waals surface area contributed by atoms with Gasteiger partial charge in [0, 0.05) is 5.69 Å². The van der Waals surface area contributed by atoms with Gasteiger partial charge in [-0.05, 0) is 24.3 Å². The average Bonchev–Trinajstić information content (AvgIpc) is 2.35. The van der Waals surface area contributed by atoms with E-state index in [1.807, 2.05) is 0 Å². The lowest BCUT2D eigenvalue weighted by Crippen LogP contribution is -1.98. The number of nitrogens with zero attached hydrogens (tertiary/aromatic N) is 1. The number of rotatable bonds is 3. The van der Waals surface area contributed by atoms with Crippen molar-refractivity contribution in [2.75, 3.05) is 5.32 Å². The van der Waals surface area contributed by atoms with Crippen LogP contribution in [0.3, 0.4) is 0 Å². The molecule has 20 heavy (non-hydrogen) atoms. The summed E-state index contributed by atoms with van der Waals surface area (Å²) >= 11 is 17.1. The molecule has 0 atom stereocenters. The van der Waals surface area contributed by atoms with Crippen molar-refractivity contribution >= 4 is 51.9 Å². The van der Waals surface area contributed by atoms with Gasteiger partial charge in [0.15, 0.2) is 5.82 Å². The minimum Gasteiger partial charge on any atom is -0.350 e. The van der Waals surface area contributed by atoms with Gasteiger partial charge in [0.2, 0.25) is 0 Å². The number of para-hydroxylation sites is 1. The summed E-state index contributed by atoms with van der Waals surface area (Å²) in [4.78, 5) is 10.4. The molecule has 0 saturated carbocycles. The van der Waals surface area contributed by atoms with E-state index >= 15 is 0 Å². The van der Waals surface area contributed by atoms with Crippen molar-refractivity contribution in [1.29, 1.82) is 0 Å². The number of nitro groups is 1. The van der Waals surface area contributed by atoms with Gasteiger partial charge >= 0.3 is 5.69 Å². The Hall–Kier alpha value is -1.56. The molecule has 0 fully saturated rings. The standard InChI is InChI=1S/C12H6Cl3FN2O2/c13-7-2-1-3-10(12(7)18(19)20)17-6-4-8(14)11(16)9(15)5-6/h1-5,17H. The molecule has 0 aliphatic heterocycles. The molecule has 104 valence electrons. The largest absolute Gasteiger partial charge is 0.350 e. The molecule has 2 aromatic carbocycles. The fraction of sp³-hybridized carbons (Fsp3) is 0. The minimum absolute atomic E-state index is 0.0145. The Labute approximate surface area is 128 Å². The molecule has 0 saturated heterocycles. The number of anilines is 2. The molecule has 0 aliphatic carbocycles. The van der Waals surface area contributed by atoms with Crippen LogP contribution in [-0.2, 0) is 0 Å². The van der Waals surface area contributed by atoms with Crippen LogP contribution in [0.4, 0.5) is 21.5 Å². The van der Waals surface area contributed by atoms with Crippen molar-refractivity contribution in [3.63, 3.8) is 0 Å². The third kappa shape index (κ3) is 2.95. The quantitative estimate of drug-likeness (QED) is 0.462. The van der Waals surface area contributed by atoms with E-state index in [0.29, 0.717) is 5.69 Å². The highest BCUT2D eigenvalue weighted by molar-refractivity contribution is 6.35. The van der Waals surface area contributed by atoms with Gasteiger partial charge in [-0.3, -0.25) is 10.1 Å². The molecule has 0 aromatic heterocycles. The van der Waals surface area contributed by atoms with Crippen LogP contribution < -0.4 is 5.32 Å². The summed E-state index contributed by atoms with van der Waals surface area (Å²) in [6.45, 7) is 0. The number of nitrogens with one attached hydrogen (secondary N) is 1. The highest BCUT2D eigenvalue weighted by Crippen LogP contribution is 2.36. The summed E-state index contributed by atoms with van der Waals surface area (Å²) in [6.07, 6.45) is 0. The van der Waals surface area contributed by atoms with E-state index in [1.165, 1.54) is 24.3 Å². The number of hydrogen-bond donors (Lipinski definition) is 1. The maximum Gasteiger partial charge on any atom is 0.311 e. The predicted molar refractivity (Wildman–Crippen MR) is 77.8 cm³/mol. The Morgan fingerprint density at radius 2 is 1.70 bits per heavy atom. The third-order valence-electron chi connectivity index (χ3n) is 2.43. The second kappa shape index (κ2) is 5.83. The number of hydrogen-bond acceptors (Lipinski definition) is 3. The summed E-state index contributed by atoms with van der Waals surface area (Å²) < 4.78 is 13.3. The number of halogens is 4. The van der Waals surface area contributed by atoms with Gasteiger partial charge in [0.05, 0.1) is 15.0 Å². The first-order chi connectivity index (χ1) is 9.40. The molecule has 0 aliphatic rings. The monoisotopic (exact) mass is 334 g/mol. The number of benzene rings is 2. The lowest BCUT2D eigenvalue weighted by atomic mass is 10.2. The van der Waals surface area contributed by atoms with Crippen LogP contribution in [0.2, 0.25) is 15.1 Å². The zero-order chi connectivity index (χ0) is 14.9. The molecule has 0 unspecified atom stereocenters. The van der Waals surface area contributed by atoms with E-state index in [-0.39, 0.29) is 26.4 Å². The molecule has 1 N–H and O–H groups in total. The molecule has 0 amide bonds. The van der Waals surface area contributed by atoms with Gasteiger partial charge in [0.1, 0.15) is 10.7 Å². The smallest absolute Gasteiger partial charge is 0.311 e. The van der Waals surface area contributed by atoms with Crippen molar-refractivity contribution in [3.8, 4) is 0 Å². The zero-order valence-corrected chi connectivity index (χ0v) is 11.9. The van der Waals surface area contributed by atoms with Crippen LogP contribution in [0.15, 0.2) is 30.3 Å². The molecule has 0 bridgehead atoms. The second-order valence-electron chi connectivity index (χ2n) is 3.77. The van der Waals surface area contributed by atoms with E-state index in [1.54, 1.807) is 6.07 Å². The van der Waals surface area contributed by atoms with Gasteiger partial charge in [-0.25, -0.2) is 4.39 Å². The summed E-state index contributed by atoms with van der Waals surface area (Å²) in [7, 11) is 0. The summed E-state index contributed by atoms with van der Waals surface area (Å²) in [5, 5.41) is 13.3. The van der Waals surface area contributed by atoms with E-state index in [9.17, 15) is 14.5 Å². The van der Waals surface area contributed by atoms with Crippen LogP contribution in [0.1, 0.15) is 0 Å². The summed E-state index contributed by atoms with van der Waals surface area (Å²) in [6, 6.07) is 6.95. The Balaban J connectivity index is 2.45. The SMILES string of the molecule is O=[N+]([O-])c1c(Cl)cccc1Nc1cc(Cl)c(F)c(Cl)c1. The van der Waals surface area contributed by atoms with Crippen LogP contribution in [0.25, 0.3) is 0 Å². The van der Waals surface area contributed by atoms with Crippen LogP contribution in [-0.4, -0.2) is 4.92 Å². The lowest BCUT2D eigenvalue weighted by Gasteiger charge is -2.09. The zero-order valence-electron chi connectivity index (χ0n) is 9.66. The van der Waals surface area contributed by atoms with Gasteiger partial charge < -0.3 is 5.32 Å². The van der Waals surface area contributed by atoms with Crippen molar-refractivity contribution in [2.45, 2.75) is 0 Å². The van der Waals surface area contributed by atoms with Crippen LogP contribution in [0, 0.1) is 15.9 Å². The topological polar surface area (TPSA) is 55.2 Å². The van der Waals surface area contributed by atoms with Crippen LogP contribution >= 0.6 is 34.8 Å². The number of nitro benzene ring substituents is 1. The molecule has 2 aromatic rings. The Morgan fingerprint density at radius 3 is 2.25 bits per heavy atom. The van der Waals surface area contributed by atoms with E-state index in [2.05, 4.69) is 5.32 Å². The Morgan fingerprint density at radius 1 is 1.10 bits per heavy atom. The molecule has 0 spiro atoms. The predicted octanol–water partition coefficient (Wildman–Crippen LogP) is 5.44. The lowest BCUT2D eigenvalue weighted by molar-refractivity contribution is -0.383. The molecule has 2 rings (SSSR count). The fourth-order valence-corrected chi connectivity index (χ4v) is 2.32. The van der Waals surface area contributed by atoms with Crippen LogP contribution in [0.5, 0.6) is 0 Å². The van der Waals surface area contributed by atoms with Crippen molar-refractivity contribution < 1.29 is 9.31 Å². The van der Waals surface area contributed by atoms with Crippen molar-refractivity contribution in [2.24, 2.45) is 0 Å². The molecule has 4 nitrogen and oxygen atoms in total. The van der Waals surface area contributed by atoms with Crippen molar-refractivity contribution in [1.82, 2.24) is 0 Å². The molecular formula is C12H6Cl3FN2O2. The van der Waals surface area contributed by atoms with Gasteiger partial charge in [-0.1, -0.05) is 40.9 Å². The fourth-order valence-electron chi connectivity index (χ4n) is 1.58. The third-order valence-corrected chi connectivity index (χ3v) is 3.29. The first kappa shape index (κ1) is 14.8. The van der Waals surface area contributed by atoms with E-state index < -0.39 is 10.7 Å². The van der Waals surface area contributed by atoms with Gasteiger partial charge in [-0.15, -0.1) is 0 Å². The highest BCUT2D eigenvalue weighted by Gasteiger charge is 2.19. The normalized spacial score (nSPS) is 10.4.